The highest BCUT2D eigenvalue weighted by Gasteiger charge is 2.22. The number of hydrogen-bond acceptors (Lipinski definition) is 3. The van der Waals surface area contributed by atoms with E-state index in [-0.39, 0.29) is 6.54 Å². The maximum absolute atomic E-state index is 13.1. The fourth-order valence-electron chi connectivity index (χ4n) is 2.27. The summed E-state index contributed by atoms with van der Waals surface area (Å²) in [4.78, 5) is 12.2. The van der Waals surface area contributed by atoms with Crippen LogP contribution in [0.2, 0.25) is 5.02 Å². The minimum Gasteiger partial charge on any atom is -0.350 e. The second kappa shape index (κ2) is 7.84. The topological polar surface area (TPSA) is 66.5 Å². The number of hydrogen-bond donors (Lipinski definition) is 1. The Kier molecular flexibility index (Phi) is 6.02. The fraction of sp³-hybridized carbons (Fsp3) is 0.235. The third-order valence-electron chi connectivity index (χ3n) is 3.51. The van der Waals surface area contributed by atoms with Gasteiger partial charge < -0.3 is 5.32 Å². The lowest BCUT2D eigenvalue weighted by Crippen LogP contribution is -2.40. The third-order valence-corrected chi connectivity index (χ3v) is 4.87. The molecule has 0 aliphatic heterocycles. The van der Waals surface area contributed by atoms with E-state index in [0.29, 0.717) is 21.8 Å². The van der Waals surface area contributed by atoms with Crippen LogP contribution in [0.3, 0.4) is 0 Å². The Labute approximate surface area is 151 Å². The average molecular weight is 385 g/mol. The summed E-state index contributed by atoms with van der Waals surface area (Å²) >= 11 is 5.95. The first-order valence-corrected chi connectivity index (χ1v) is 9.64. The van der Waals surface area contributed by atoms with Gasteiger partial charge in [-0.2, -0.15) is 0 Å². The molecule has 1 N–H and O–H groups in total. The molecule has 1 amide bonds. The number of nitrogens with zero attached hydrogens (tertiary/aromatic N) is 1. The molecule has 0 aromatic heterocycles. The number of halogens is 2. The van der Waals surface area contributed by atoms with E-state index in [9.17, 15) is 17.6 Å². The second-order valence-electron chi connectivity index (χ2n) is 5.61. The van der Waals surface area contributed by atoms with Gasteiger partial charge in [0.05, 0.1) is 11.9 Å². The zero-order valence-corrected chi connectivity index (χ0v) is 15.4. The number of sulfonamides is 1. The van der Waals surface area contributed by atoms with Crippen LogP contribution in [0.1, 0.15) is 11.1 Å². The SMILES string of the molecule is Cc1ccc(Cl)cc1N(CC(=O)NCc1cccc(F)c1)S(C)(=O)=O. The summed E-state index contributed by atoms with van der Waals surface area (Å²) in [5.74, 6) is -0.909. The van der Waals surface area contributed by atoms with E-state index in [0.717, 1.165) is 10.6 Å². The Hall–Kier alpha value is -2.12. The summed E-state index contributed by atoms with van der Waals surface area (Å²) in [6.45, 7) is 1.44. The van der Waals surface area contributed by atoms with Gasteiger partial charge in [-0.3, -0.25) is 9.10 Å². The monoisotopic (exact) mass is 384 g/mol. The number of benzene rings is 2. The molecule has 0 saturated heterocycles. The van der Waals surface area contributed by atoms with E-state index < -0.39 is 28.3 Å². The number of aryl methyl sites for hydroxylation is 1. The molecule has 134 valence electrons. The van der Waals surface area contributed by atoms with Crippen molar-refractivity contribution < 1.29 is 17.6 Å². The Morgan fingerprint density at radius 2 is 1.96 bits per heavy atom. The Balaban J connectivity index is 2.15. The molecule has 0 aliphatic carbocycles. The molecule has 0 radical (unpaired) electrons. The minimum absolute atomic E-state index is 0.0999. The first kappa shape index (κ1) is 19.2. The van der Waals surface area contributed by atoms with Crippen LogP contribution in [-0.2, 0) is 21.4 Å². The van der Waals surface area contributed by atoms with Crippen molar-refractivity contribution in [2.24, 2.45) is 0 Å². The van der Waals surface area contributed by atoms with Crippen LogP contribution in [-0.4, -0.2) is 27.1 Å². The molecule has 0 spiro atoms. The van der Waals surface area contributed by atoms with Gasteiger partial charge in [-0.15, -0.1) is 0 Å². The van der Waals surface area contributed by atoms with Gasteiger partial charge in [-0.25, -0.2) is 12.8 Å². The summed E-state index contributed by atoms with van der Waals surface area (Å²) in [7, 11) is -3.69. The second-order valence-corrected chi connectivity index (χ2v) is 7.95. The van der Waals surface area contributed by atoms with Crippen LogP contribution >= 0.6 is 11.6 Å². The largest absolute Gasteiger partial charge is 0.350 e. The molecule has 0 bridgehead atoms. The smallest absolute Gasteiger partial charge is 0.241 e. The van der Waals surface area contributed by atoms with Gasteiger partial charge in [-0.1, -0.05) is 29.8 Å². The quantitative estimate of drug-likeness (QED) is 0.832. The molecule has 5 nitrogen and oxygen atoms in total. The van der Waals surface area contributed by atoms with E-state index in [1.54, 1.807) is 25.1 Å². The number of amides is 1. The van der Waals surface area contributed by atoms with Gasteiger partial charge in [0.25, 0.3) is 0 Å². The lowest BCUT2D eigenvalue weighted by Gasteiger charge is -2.23. The first-order chi connectivity index (χ1) is 11.7. The van der Waals surface area contributed by atoms with Crippen LogP contribution in [0.4, 0.5) is 10.1 Å². The van der Waals surface area contributed by atoms with Crippen molar-refractivity contribution >= 4 is 33.2 Å². The lowest BCUT2D eigenvalue weighted by molar-refractivity contribution is -0.119. The van der Waals surface area contributed by atoms with Gasteiger partial charge in [0.15, 0.2) is 0 Å². The number of carbonyl (C=O) groups excluding carboxylic acids is 1. The van der Waals surface area contributed by atoms with E-state index in [1.165, 1.54) is 24.3 Å². The maximum atomic E-state index is 13.1. The van der Waals surface area contributed by atoms with Crippen LogP contribution in [0.25, 0.3) is 0 Å². The highest BCUT2D eigenvalue weighted by atomic mass is 35.5. The summed E-state index contributed by atoms with van der Waals surface area (Å²) < 4.78 is 38.4. The zero-order valence-electron chi connectivity index (χ0n) is 13.8. The highest BCUT2D eigenvalue weighted by molar-refractivity contribution is 7.92. The van der Waals surface area contributed by atoms with Crippen molar-refractivity contribution in [3.63, 3.8) is 0 Å². The molecule has 2 aromatic rings. The molecule has 2 rings (SSSR count). The van der Waals surface area contributed by atoms with Crippen molar-refractivity contribution in [2.75, 3.05) is 17.1 Å². The number of nitrogens with one attached hydrogen (secondary N) is 1. The summed E-state index contributed by atoms with van der Waals surface area (Å²) in [5, 5.41) is 2.96. The van der Waals surface area contributed by atoms with Crippen molar-refractivity contribution in [2.45, 2.75) is 13.5 Å². The molecule has 0 heterocycles. The predicted octanol–water partition coefficient (Wildman–Crippen LogP) is 2.87. The third kappa shape index (κ3) is 5.44. The molecular weight excluding hydrogens is 367 g/mol. The molecule has 0 aliphatic rings. The van der Waals surface area contributed by atoms with E-state index in [2.05, 4.69) is 5.32 Å². The normalized spacial score (nSPS) is 11.2. The maximum Gasteiger partial charge on any atom is 0.241 e. The summed E-state index contributed by atoms with van der Waals surface area (Å²) in [6.07, 6.45) is 1.02. The van der Waals surface area contributed by atoms with Crippen LogP contribution in [0.5, 0.6) is 0 Å². The van der Waals surface area contributed by atoms with Crippen LogP contribution in [0, 0.1) is 12.7 Å². The Morgan fingerprint density at radius 3 is 2.60 bits per heavy atom. The van der Waals surface area contributed by atoms with Crippen molar-refractivity contribution in [1.29, 1.82) is 0 Å². The van der Waals surface area contributed by atoms with Gasteiger partial charge in [0.2, 0.25) is 15.9 Å². The summed E-state index contributed by atoms with van der Waals surface area (Å²) in [5.41, 5.74) is 1.60. The molecule has 0 saturated carbocycles. The minimum atomic E-state index is -3.69. The van der Waals surface area contributed by atoms with E-state index in [1.807, 2.05) is 0 Å². The Morgan fingerprint density at radius 1 is 1.24 bits per heavy atom. The van der Waals surface area contributed by atoms with E-state index >= 15 is 0 Å². The molecule has 0 atom stereocenters. The zero-order chi connectivity index (χ0) is 18.6. The predicted molar refractivity (Wildman–Crippen MR) is 96.6 cm³/mol. The molecule has 2 aromatic carbocycles. The van der Waals surface area contributed by atoms with Gasteiger partial charge in [-0.05, 0) is 42.3 Å². The van der Waals surface area contributed by atoms with Gasteiger partial charge >= 0.3 is 0 Å². The molecule has 25 heavy (non-hydrogen) atoms. The molecule has 0 unspecified atom stereocenters. The van der Waals surface area contributed by atoms with Crippen LogP contribution < -0.4 is 9.62 Å². The van der Waals surface area contributed by atoms with Crippen molar-refractivity contribution in [3.8, 4) is 0 Å². The van der Waals surface area contributed by atoms with E-state index in [4.69, 9.17) is 11.6 Å². The number of anilines is 1. The van der Waals surface area contributed by atoms with Crippen molar-refractivity contribution in [1.82, 2.24) is 5.32 Å². The molecular formula is C17H18ClFN2O3S. The average Bonchev–Trinajstić information content (AvgIpc) is 2.52. The summed E-state index contributed by atoms with van der Waals surface area (Å²) in [6, 6.07) is 10.6. The standard InChI is InChI=1S/C17H18ClFN2O3S/c1-12-6-7-14(18)9-16(12)21(25(2,23)24)11-17(22)20-10-13-4-3-5-15(19)8-13/h3-9H,10-11H2,1-2H3,(H,20,22). The van der Waals surface area contributed by atoms with Crippen LogP contribution in [0.15, 0.2) is 42.5 Å². The lowest BCUT2D eigenvalue weighted by atomic mass is 10.2. The fourth-order valence-corrected chi connectivity index (χ4v) is 3.34. The Bertz CT molecular complexity index is 887. The van der Waals surface area contributed by atoms with Gasteiger partial charge in [0.1, 0.15) is 12.4 Å². The molecule has 8 heteroatoms. The highest BCUT2D eigenvalue weighted by Crippen LogP contribution is 2.26. The number of rotatable bonds is 6. The van der Waals surface area contributed by atoms with Crippen molar-refractivity contribution in [3.05, 3.63) is 64.4 Å². The van der Waals surface area contributed by atoms with Gasteiger partial charge in [0, 0.05) is 11.6 Å². The molecule has 0 fully saturated rings. The first-order valence-electron chi connectivity index (χ1n) is 7.42. The number of carbonyl (C=O) groups is 1.